The smallest absolute Gasteiger partial charge is 0.304 e. The number of nitrogens with zero attached hydrogens (tertiary/aromatic N) is 2. The van der Waals surface area contributed by atoms with Gasteiger partial charge in [-0.1, -0.05) is 26.2 Å². The Morgan fingerprint density at radius 1 is 1.39 bits per heavy atom. The van der Waals surface area contributed by atoms with Gasteiger partial charge in [0.1, 0.15) is 0 Å². The molecule has 1 aliphatic rings. The molecular formula is C13H25N2O2P. The fraction of sp³-hybridized carbons (Fsp3) is 0.923. The van der Waals surface area contributed by atoms with Crippen LogP contribution >= 0.6 is 7.52 Å². The van der Waals surface area contributed by atoms with Crippen molar-refractivity contribution in [1.82, 2.24) is 4.67 Å². The molecule has 0 aromatic carbocycles. The van der Waals surface area contributed by atoms with Gasteiger partial charge in [0, 0.05) is 12.6 Å². The topological polar surface area (TPSA) is 53.3 Å². The van der Waals surface area contributed by atoms with Crippen molar-refractivity contribution >= 4 is 7.52 Å². The minimum Gasteiger partial charge on any atom is -0.304 e. The first-order valence-corrected chi connectivity index (χ1v) is 8.58. The summed E-state index contributed by atoms with van der Waals surface area (Å²) >= 11 is 0. The second-order valence-electron chi connectivity index (χ2n) is 5.24. The Morgan fingerprint density at radius 2 is 2.00 bits per heavy atom. The van der Waals surface area contributed by atoms with E-state index in [1.54, 1.807) is 4.67 Å². The summed E-state index contributed by atoms with van der Waals surface area (Å²) in [6, 6.07) is 0.0685. The van der Waals surface area contributed by atoms with Crippen molar-refractivity contribution in [3.8, 4) is 5.81 Å². The van der Waals surface area contributed by atoms with Gasteiger partial charge in [0.2, 0.25) is 0 Å². The molecule has 1 atom stereocenters. The zero-order chi connectivity index (χ0) is 13.6. The molecule has 0 amide bonds. The number of nitriles is 1. The Labute approximate surface area is 111 Å². The van der Waals surface area contributed by atoms with E-state index < -0.39 is 7.52 Å². The standard InChI is InChI=1S/C13H25N2O2P/c1-4-10-15(12(2)3)18(16,11-14)17-13-8-6-5-7-9-13/h12-13H,4-10H2,1-3H3. The first kappa shape index (κ1) is 15.7. The van der Waals surface area contributed by atoms with Gasteiger partial charge in [-0.15, -0.1) is 0 Å². The van der Waals surface area contributed by atoms with Gasteiger partial charge in [0.05, 0.1) is 6.10 Å². The fourth-order valence-corrected chi connectivity index (χ4v) is 4.41. The Kier molecular flexibility index (Phi) is 6.35. The van der Waals surface area contributed by atoms with Crippen LogP contribution in [-0.2, 0) is 9.09 Å². The summed E-state index contributed by atoms with van der Waals surface area (Å²) < 4.78 is 20.2. The molecule has 1 fully saturated rings. The van der Waals surface area contributed by atoms with Gasteiger partial charge in [-0.2, -0.15) is 5.26 Å². The molecule has 0 saturated heterocycles. The van der Waals surface area contributed by atoms with Crippen molar-refractivity contribution in [2.24, 2.45) is 0 Å². The molecule has 0 radical (unpaired) electrons. The van der Waals surface area contributed by atoms with Crippen molar-refractivity contribution in [2.45, 2.75) is 71.4 Å². The van der Waals surface area contributed by atoms with E-state index in [2.05, 4.69) is 0 Å². The monoisotopic (exact) mass is 272 g/mol. The molecule has 0 aromatic heterocycles. The van der Waals surface area contributed by atoms with E-state index in [4.69, 9.17) is 4.52 Å². The average Bonchev–Trinajstić information content (AvgIpc) is 2.36. The Morgan fingerprint density at radius 3 is 2.44 bits per heavy atom. The maximum Gasteiger partial charge on any atom is 0.371 e. The number of hydrogen-bond donors (Lipinski definition) is 0. The van der Waals surface area contributed by atoms with Crippen LogP contribution in [0.25, 0.3) is 0 Å². The van der Waals surface area contributed by atoms with E-state index in [0.29, 0.717) is 6.54 Å². The Bertz CT molecular complexity index is 332. The zero-order valence-electron chi connectivity index (χ0n) is 11.8. The molecule has 0 heterocycles. The van der Waals surface area contributed by atoms with Crippen molar-refractivity contribution in [3.05, 3.63) is 0 Å². The summed E-state index contributed by atoms with van der Waals surface area (Å²) in [7, 11) is -3.31. The van der Waals surface area contributed by atoms with Gasteiger partial charge in [-0.05, 0) is 33.1 Å². The molecule has 0 bridgehead atoms. The number of rotatable bonds is 6. The minimum atomic E-state index is -3.31. The lowest BCUT2D eigenvalue weighted by Crippen LogP contribution is -2.31. The van der Waals surface area contributed by atoms with E-state index in [0.717, 1.165) is 32.1 Å². The van der Waals surface area contributed by atoms with Gasteiger partial charge in [0.15, 0.2) is 5.81 Å². The summed E-state index contributed by atoms with van der Waals surface area (Å²) in [5, 5.41) is 9.28. The van der Waals surface area contributed by atoms with Crippen LogP contribution in [-0.4, -0.2) is 23.4 Å². The Balaban J connectivity index is 2.75. The highest BCUT2D eigenvalue weighted by Gasteiger charge is 2.36. The molecule has 5 heteroatoms. The molecule has 18 heavy (non-hydrogen) atoms. The molecule has 0 spiro atoms. The van der Waals surface area contributed by atoms with Crippen LogP contribution in [0.3, 0.4) is 0 Å². The second-order valence-corrected chi connectivity index (χ2v) is 7.21. The predicted molar refractivity (Wildman–Crippen MR) is 73.3 cm³/mol. The van der Waals surface area contributed by atoms with E-state index in [-0.39, 0.29) is 12.1 Å². The lowest BCUT2D eigenvalue weighted by molar-refractivity contribution is 0.138. The first-order valence-electron chi connectivity index (χ1n) is 7.00. The third-order valence-corrected chi connectivity index (χ3v) is 5.53. The largest absolute Gasteiger partial charge is 0.371 e. The highest BCUT2D eigenvalue weighted by Crippen LogP contribution is 2.53. The lowest BCUT2D eigenvalue weighted by Gasteiger charge is -2.33. The van der Waals surface area contributed by atoms with Crippen molar-refractivity contribution in [1.29, 1.82) is 5.26 Å². The molecule has 104 valence electrons. The minimum absolute atomic E-state index is 0.00217. The summed E-state index contributed by atoms with van der Waals surface area (Å²) in [6.07, 6.45) is 6.20. The molecule has 4 nitrogen and oxygen atoms in total. The highest BCUT2D eigenvalue weighted by molar-refractivity contribution is 7.61. The molecule has 0 aliphatic heterocycles. The van der Waals surface area contributed by atoms with Gasteiger partial charge in [-0.25, -0.2) is 4.67 Å². The quantitative estimate of drug-likeness (QED) is 0.682. The van der Waals surface area contributed by atoms with Crippen molar-refractivity contribution in [3.63, 3.8) is 0 Å². The third kappa shape index (κ3) is 4.09. The second kappa shape index (κ2) is 7.28. The number of hydrogen-bond acceptors (Lipinski definition) is 3. The molecule has 0 N–H and O–H groups in total. The van der Waals surface area contributed by atoms with Crippen LogP contribution in [0, 0.1) is 11.1 Å². The third-order valence-electron chi connectivity index (χ3n) is 3.36. The maximum absolute atomic E-state index is 12.7. The van der Waals surface area contributed by atoms with Crippen LogP contribution in [0.4, 0.5) is 0 Å². The van der Waals surface area contributed by atoms with Crippen molar-refractivity contribution < 1.29 is 9.09 Å². The maximum atomic E-state index is 12.7. The molecule has 0 aromatic rings. The molecule has 1 rings (SSSR count). The normalized spacial score (nSPS) is 20.9. The van der Waals surface area contributed by atoms with E-state index in [1.165, 1.54) is 6.42 Å². The van der Waals surface area contributed by atoms with Crippen LogP contribution < -0.4 is 0 Å². The molecule has 1 aliphatic carbocycles. The zero-order valence-corrected chi connectivity index (χ0v) is 12.7. The summed E-state index contributed by atoms with van der Waals surface area (Å²) in [4.78, 5) is 0. The molecule has 1 unspecified atom stereocenters. The first-order chi connectivity index (χ1) is 8.53. The van der Waals surface area contributed by atoms with E-state index >= 15 is 0 Å². The van der Waals surface area contributed by atoms with Gasteiger partial charge < -0.3 is 4.52 Å². The van der Waals surface area contributed by atoms with Gasteiger partial charge in [0.25, 0.3) is 0 Å². The van der Waals surface area contributed by atoms with Crippen LogP contribution in [0.2, 0.25) is 0 Å². The highest BCUT2D eigenvalue weighted by atomic mass is 31.2. The fourth-order valence-electron chi connectivity index (χ4n) is 2.44. The van der Waals surface area contributed by atoms with E-state index in [9.17, 15) is 9.83 Å². The van der Waals surface area contributed by atoms with Crippen LogP contribution in [0.1, 0.15) is 59.3 Å². The van der Waals surface area contributed by atoms with Crippen LogP contribution in [0.5, 0.6) is 0 Å². The lowest BCUT2D eigenvalue weighted by atomic mass is 9.98. The average molecular weight is 272 g/mol. The van der Waals surface area contributed by atoms with Crippen LogP contribution in [0.15, 0.2) is 0 Å². The van der Waals surface area contributed by atoms with Gasteiger partial charge in [-0.3, -0.25) is 4.57 Å². The summed E-state index contributed by atoms with van der Waals surface area (Å²) in [6.45, 7) is 6.60. The SMILES string of the molecule is CCCN(C(C)C)P(=O)(C#N)OC1CCCCC1. The predicted octanol–water partition coefficient (Wildman–Crippen LogP) is 4.13. The summed E-state index contributed by atoms with van der Waals surface area (Å²) in [5.74, 6) is 1.95. The Hall–Kier alpha value is -0.360. The van der Waals surface area contributed by atoms with E-state index in [1.807, 2.05) is 26.6 Å². The van der Waals surface area contributed by atoms with Crippen molar-refractivity contribution in [2.75, 3.05) is 6.54 Å². The molecule has 1 saturated carbocycles. The van der Waals surface area contributed by atoms with Gasteiger partial charge >= 0.3 is 7.52 Å². The summed E-state index contributed by atoms with van der Waals surface area (Å²) in [5.41, 5.74) is 0. The molecular weight excluding hydrogens is 247 g/mol.